The van der Waals surface area contributed by atoms with Crippen LogP contribution in [0.25, 0.3) is 0 Å². The van der Waals surface area contributed by atoms with Gasteiger partial charge in [-0.25, -0.2) is 4.99 Å². The molecule has 1 aliphatic rings. The zero-order valence-corrected chi connectivity index (χ0v) is 12.2. The maximum absolute atomic E-state index is 12.1. The monoisotopic (exact) mass is 259 g/mol. The zero-order chi connectivity index (χ0) is 14.2. The fourth-order valence-corrected chi connectivity index (χ4v) is 2.13. The fraction of sp³-hybridized carbons (Fsp3) is 0.533. The van der Waals surface area contributed by atoms with E-state index in [0.717, 1.165) is 11.3 Å². The lowest BCUT2D eigenvalue weighted by atomic mass is 9.89. The molecule has 1 aliphatic heterocycles. The van der Waals surface area contributed by atoms with Crippen LogP contribution in [0.1, 0.15) is 51.8 Å². The lowest BCUT2D eigenvalue weighted by molar-refractivity contribution is -0.124. The molecule has 0 unspecified atom stereocenters. The van der Waals surface area contributed by atoms with E-state index in [4.69, 9.17) is 0 Å². The third kappa shape index (κ3) is 2.27. The average molecular weight is 259 g/mol. The van der Waals surface area contributed by atoms with Crippen molar-refractivity contribution in [2.24, 2.45) is 10.9 Å². The Morgan fingerprint density at radius 1 is 1.26 bits per heavy atom. The third-order valence-corrected chi connectivity index (χ3v) is 3.85. The van der Waals surface area contributed by atoms with Crippen LogP contribution in [0.3, 0.4) is 0 Å². The van der Waals surface area contributed by atoms with Crippen LogP contribution in [0.4, 0.5) is 0 Å². The standard InChI is InChI=1S/C15H21N3O/c1-9(2)11-7-6-8-16-12(11)13-17-14(19)15(5,18-13)10(3)4/h6-10H,1-5H3,(H,17,18,19)/t15-/m1/s1. The highest BCUT2D eigenvalue weighted by Crippen LogP contribution is 2.28. The van der Waals surface area contributed by atoms with Gasteiger partial charge in [-0.1, -0.05) is 33.8 Å². The number of aromatic nitrogens is 1. The molecule has 0 saturated heterocycles. The van der Waals surface area contributed by atoms with E-state index in [0.29, 0.717) is 11.8 Å². The number of hydrogen-bond acceptors (Lipinski definition) is 3. The molecular formula is C15H21N3O. The zero-order valence-electron chi connectivity index (χ0n) is 12.2. The first-order valence-corrected chi connectivity index (χ1v) is 6.73. The second kappa shape index (κ2) is 4.76. The Morgan fingerprint density at radius 2 is 1.95 bits per heavy atom. The minimum atomic E-state index is -0.693. The van der Waals surface area contributed by atoms with Gasteiger partial charge < -0.3 is 5.32 Å². The van der Waals surface area contributed by atoms with Crippen molar-refractivity contribution in [1.29, 1.82) is 0 Å². The molecule has 0 spiro atoms. The second-order valence-electron chi connectivity index (χ2n) is 5.81. The first-order valence-electron chi connectivity index (χ1n) is 6.73. The molecule has 1 aromatic heterocycles. The Balaban J connectivity index is 2.48. The summed E-state index contributed by atoms with van der Waals surface area (Å²) in [4.78, 5) is 21.2. The fourth-order valence-electron chi connectivity index (χ4n) is 2.13. The summed E-state index contributed by atoms with van der Waals surface area (Å²) >= 11 is 0. The van der Waals surface area contributed by atoms with E-state index >= 15 is 0 Å². The van der Waals surface area contributed by atoms with Crippen molar-refractivity contribution in [3.63, 3.8) is 0 Å². The van der Waals surface area contributed by atoms with Crippen LogP contribution in [-0.4, -0.2) is 22.3 Å². The Kier molecular flexibility index (Phi) is 3.43. The molecule has 1 N–H and O–H groups in total. The third-order valence-electron chi connectivity index (χ3n) is 3.85. The van der Waals surface area contributed by atoms with Crippen molar-refractivity contribution in [1.82, 2.24) is 10.3 Å². The molecule has 0 aliphatic carbocycles. The van der Waals surface area contributed by atoms with E-state index in [1.54, 1.807) is 6.20 Å². The van der Waals surface area contributed by atoms with Gasteiger partial charge in [0.05, 0.1) is 0 Å². The number of nitrogens with one attached hydrogen (secondary N) is 1. The summed E-state index contributed by atoms with van der Waals surface area (Å²) in [6, 6.07) is 3.95. The summed E-state index contributed by atoms with van der Waals surface area (Å²) in [7, 11) is 0. The van der Waals surface area contributed by atoms with Crippen LogP contribution in [-0.2, 0) is 4.79 Å². The van der Waals surface area contributed by atoms with Gasteiger partial charge in [0, 0.05) is 6.20 Å². The molecule has 2 rings (SSSR count). The molecule has 1 aromatic rings. The van der Waals surface area contributed by atoms with E-state index in [1.807, 2.05) is 32.9 Å². The average Bonchev–Trinajstić information content (AvgIpc) is 2.67. The number of rotatable bonds is 3. The van der Waals surface area contributed by atoms with Gasteiger partial charge >= 0.3 is 0 Å². The van der Waals surface area contributed by atoms with Gasteiger partial charge in [-0.05, 0) is 30.4 Å². The molecule has 0 saturated carbocycles. The molecule has 0 aromatic carbocycles. The van der Waals surface area contributed by atoms with Gasteiger partial charge in [0.1, 0.15) is 11.2 Å². The minimum absolute atomic E-state index is 0.0436. The molecule has 0 bridgehead atoms. The maximum atomic E-state index is 12.1. The first kappa shape index (κ1) is 13.7. The number of carbonyl (C=O) groups excluding carboxylic acids is 1. The molecule has 2 heterocycles. The van der Waals surface area contributed by atoms with Crippen molar-refractivity contribution in [3.8, 4) is 0 Å². The summed E-state index contributed by atoms with van der Waals surface area (Å²) in [5, 5.41) is 2.89. The Morgan fingerprint density at radius 3 is 2.47 bits per heavy atom. The van der Waals surface area contributed by atoms with Crippen LogP contribution >= 0.6 is 0 Å². The van der Waals surface area contributed by atoms with Gasteiger partial charge in [-0.2, -0.15) is 0 Å². The van der Waals surface area contributed by atoms with E-state index in [-0.39, 0.29) is 11.8 Å². The summed E-state index contributed by atoms with van der Waals surface area (Å²) in [5.74, 6) is 1.05. The SMILES string of the molecule is CC(C)c1cccnc1C1=N[C@](C)(C(C)C)C(=O)N1. The molecule has 0 radical (unpaired) electrons. The number of aliphatic imine (C=N–C) groups is 1. The van der Waals surface area contributed by atoms with Gasteiger partial charge in [-0.3, -0.25) is 9.78 Å². The normalized spacial score (nSPS) is 22.9. The highest BCUT2D eigenvalue weighted by Gasteiger charge is 2.42. The molecule has 1 amide bonds. The Bertz CT molecular complexity index is 534. The predicted molar refractivity (Wildman–Crippen MR) is 76.2 cm³/mol. The largest absolute Gasteiger partial charge is 0.307 e. The van der Waals surface area contributed by atoms with Crippen LogP contribution < -0.4 is 5.32 Å². The van der Waals surface area contributed by atoms with Crippen LogP contribution in [0.15, 0.2) is 23.3 Å². The van der Waals surface area contributed by atoms with Crippen LogP contribution in [0.2, 0.25) is 0 Å². The van der Waals surface area contributed by atoms with Crippen molar-refractivity contribution in [3.05, 3.63) is 29.6 Å². The van der Waals surface area contributed by atoms with E-state index in [2.05, 4.69) is 29.1 Å². The van der Waals surface area contributed by atoms with Crippen LogP contribution in [0.5, 0.6) is 0 Å². The summed E-state index contributed by atoms with van der Waals surface area (Å²) in [5.41, 5.74) is 1.20. The summed E-state index contributed by atoms with van der Waals surface area (Å²) in [6.07, 6.45) is 1.74. The highest BCUT2D eigenvalue weighted by molar-refractivity contribution is 6.15. The lowest BCUT2D eigenvalue weighted by Gasteiger charge is -2.21. The van der Waals surface area contributed by atoms with Crippen molar-refractivity contribution < 1.29 is 4.79 Å². The number of pyridine rings is 1. The van der Waals surface area contributed by atoms with E-state index < -0.39 is 5.54 Å². The molecule has 19 heavy (non-hydrogen) atoms. The number of amides is 1. The Hall–Kier alpha value is -1.71. The quantitative estimate of drug-likeness (QED) is 0.906. The lowest BCUT2D eigenvalue weighted by Crippen LogP contribution is -2.41. The number of hydrogen-bond donors (Lipinski definition) is 1. The molecule has 4 nitrogen and oxygen atoms in total. The second-order valence-corrected chi connectivity index (χ2v) is 5.81. The first-order chi connectivity index (χ1) is 8.86. The van der Waals surface area contributed by atoms with Gasteiger partial charge in [0.15, 0.2) is 5.84 Å². The molecule has 102 valence electrons. The van der Waals surface area contributed by atoms with E-state index in [9.17, 15) is 4.79 Å². The predicted octanol–water partition coefficient (Wildman–Crippen LogP) is 2.50. The van der Waals surface area contributed by atoms with Gasteiger partial charge in [-0.15, -0.1) is 0 Å². The van der Waals surface area contributed by atoms with Crippen molar-refractivity contribution in [2.45, 2.75) is 46.1 Å². The van der Waals surface area contributed by atoms with Crippen molar-refractivity contribution >= 4 is 11.7 Å². The van der Waals surface area contributed by atoms with E-state index in [1.165, 1.54) is 0 Å². The maximum Gasteiger partial charge on any atom is 0.253 e. The minimum Gasteiger partial charge on any atom is -0.307 e. The number of carbonyl (C=O) groups is 1. The highest BCUT2D eigenvalue weighted by atomic mass is 16.2. The topological polar surface area (TPSA) is 54.4 Å². The summed E-state index contributed by atoms with van der Waals surface area (Å²) < 4.78 is 0. The number of nitrogens with zero attached hydrogens (tertiary/aromatic N) is 2. The smallest absolute Gasteiger partial charge is 0.253 e. The molecular weight excluding hydrogens is 238 g/mol. The van der Waals surface area contributed by atoms with Crippen LogP contribution in [0, 0.1) is 5.92 Å². The molecule has 1 atom stereocenters. The molecule has 0 fully saturated rings. The number of amidine groups is 1. The van der Waals surface area contributed by atoms with Gasteiger partial charge in [0.25, 0.3) is 5.91 Å². The van der Waals surface area contributed by atoms with Crippen molar-refractivity contribution in [2.75, 3.05) is 0 Å². The Labute approximate surface area is 114 Å². The van der Waals surface area contributed by atoms with Gasteiger partial charge in [0.2, 0.25) is 0 Å². The molecule has 4 heteroatoms. The summed E-state index contributed by atoms with van der Waals surface area (Å²) in [6.45, 7) is 10.1.